The van der Waals surface area contributed by atoms with E-state index in [2.05, 4.69) is 26.8 Å². The minimum atomic E-state index is -0.0113. The first-order valence-electron chi connectivity index (χ1n) is 5.43. The van der Waals surface area contributed by atoms with E-state index in [4.69, 9.17) is 4.74 Å². The first kappa shape index (κ1) is 9.11. The second kappa shape index (κ2) is 3.04. The average molecular weight is 180 g/mol. The van der Waals surface area contributed by atoms with Gasteiger partial charge in [0.05, 0.1) is 5.76 Å². The van der Waals surface area contributed by atoms with Crippen LogP contribution in [0.1, 0.15) is 46.5 Å². The molecule has 0 aromatic heterocycles. The van der Waals surface area contributed by atoms with Crippen molar-refractivity contribution < 1.29 is 4.74 Å². The topological polar surface area (TPSA) is 9.23 Å². The lowest BCUT2D eigenvalue weighted by Crippen LogP contribution is -2.21. The largest absolute Gasteiger partial charge is 0.493 e. The van der Waals surface area contributed by atoms with Crippen molar-refractivity contribution in [3.05, 3.63) is 11.8 Å². The Balaban J connectivity index is 2.01. The highest BCUT2D eigenvalue weighted by Gasteiger charge is 2.30. The summed E-state index contributed by atoms with van der Waals surface area (Å²) in [4.78, 5) is 0. The summed E-state index contributed by atoms with van der Waals surface area (Å²) in [7, 11) is 0. The van der Waals surface area contributed by atoms with Crippen molar-refractivity contribution in [1.82, 2.24) is 0 Å². The molecule has 2 bridgehead atoms. The van der Waals surface area contributed by atoms with Crippen molar-refractivity contribution >= 4 is 0 Å². The van der Waals surface area contributed by atoms with Gasteiger partial charge in [0.2, 0.25) is 0 Å². The molecule has 0 saturated heterocycles. The van der Waals surface area contributed by atoms with E-state index in [1.807, 2.05) is 0 Å². The lowest BCUT2D eigenvalue weighted by atomic mass is 9.94. The number of rotatable bonds is 1. The SMILES string of the molecule is CC(C)(C)OC1=CC2CCC(C1)C2. The van der Waals surface area contributed by atoms with Crippen molar-refractivity contribution in [2.45, 2.75) is 52.1 Å². The fraction of sp³-hybridized carbons (Fsp3) is 0.833. The van der Waals surface area contributed by atoms with Crippen molar-refractivity contribution in [2.75, 3.05) is 0 Å². The molecule has 0 N–H and O–H groups in total. The van der Waals surface area contributed by atoms with Gasteiger partial charge in [-0.15, -0.1) is 0 Å². The second-order valence-electron chi connectivity index (χ2n) is 5.49. The molecule has 2 aliphatic carbocycles. The van der Waals surface area contributed by atoms with E-state index in [1.54, 1.807) is 0 Å². The van der Waals surface area contributed by atoms with Crippen LogP contribution in [-0.2, 0) is 4.74 Å². The summed E-state index contributed by atoms with van der Waals surface area (Å²) in [5.74, 6) is 3.01. The fourth-order valence-corrected chi connectivity index (χ4v) is 2.53. The predicted molar refractivity (Wildman–Crippen MR) is 54.4 cm³/mol. The molecule has 2 rings (SSSR count). The Morgan fingerprint density at radius 1 is 1.31 bits per heavy atom. The second-order valence-corrected chi connectivity index (χ2v) is 5.49. The molecule has 1 fully saturated rings. The van der Waals surface area contributed by atoms with Gasteiger partial charge in [0.1, 0.15) is 5.60 Å². The average Bonchev–Trinajstić information content (AvgIpc) is 2.27. The Labute approximate surface area is 81.2 Å². The van der Waals surface area contributed by atoms with E-state index >= 15 is 0 Å². The third kappa shape index (κ3) is 2.26. The summed E-state index contributed by atoms with van der Waals surface area (Å²) < 4.78 is 5.92. The summed E-state index contributed by atoms with van der Waals surface area (Å²) in [5, 5.41) is 0. The van der Waals surface area contributed by atoms with Gasteiger partial charge in [0.25, 0.3) is 0 Å². The molecule has 13 heavy (non-hydrogen) atoms. The number of fused-ring (bicyclic) bond motifs is 2. The van der Waals surface area contributed by atoms with E-state index in [1.165, 1.54) is 31.4 Å². The molecule has 2 unspecified atom stereocenters. The normalized spacial score (nSPS) is 33.0. The Bertz CT molecular complexity index is 222. The molecule has 0 radical (unpaired) electrons. The Morgan fingerprint density at radius 2 is 2.08 bits per heavy atom. The molecule has 0 aliphatic heterocycles. The zero-order valence-electron chi connectivity index (χ0n) is 8.97. The maximum Gasteiger partial charge on any atom is 0.100 e. The first-order chi connectivity index (χ1) is 6.03. The molecule has 0 spiro atoms. The van der Waals surface area contributed by atoms with Crippen LogP contribution in [-0.4, -0.2) is 5.60 Å². The quantitative estimate of drug-likeness (QED) is 0.600. The third-order valence-electron chi connectivity index (χ3n) is 2.93. The van der Waals surface area contributed by atoms with Crippen LogP contribution in [0.3, 0.4) is 0 Å². The Hall–Kier alpha value is -0.460. The molecular formula is C12H20O. The first-order valence-corrected chi connectivity index (χ1v) is 5.43. The lowest BCUT2D eigenvalue weighted by Gasteiger charge is -2.27. The van der Waals surface area contributed by atoms with Crippen LogP contribution in [0.5, 0.6) is 0 Å². The smallest absolute Gasteiger partial charge is 0.100 e. The highest BCUT2D eigenvalue weighted by atomic mass is 16.5. The number of hydrogen-bond acceptors (Lipinski definition) is 1. The number of ether oxygens (including phenoxy) is 1. The van der Waals surface area contributed by atoms with Gasteiger partial charge in [-0.05, 0) is 57.9 Å². The van der Waals surface area contributed by atoms with Crippen molar-refractivity contribution in [1.29, 1.82) is 0 Å². The maximum absolute atomic E-state index is 5.92. The van der Waals surface area contributed by atoms with Crippen LogP contribution >= 0.6 is 0 Å². The van der Waals surface area contributed by atoms with E-state index in [-0.39, 0.29) is 5.60 Å². The molecule has 74 valence electrons. The van der Waals surface area contributed by atoms with E-state index in [9.17, 15) is 0 Å². The van der Waals surface area contributed by atoms with Crippen molar-refractivity contribution in [3.63, 3.8) is 0 Å². The third-order valence-corrected chi connectivity index (χ3v) is 2.93. The minimum absolute atomic E-state index is 0.0113. The Morgan fingerprint density at radius 3 is 2.69 bits per heavy atom. The number of allylic oxidation sites excluding steroid dienone is 2. The standard InChI is InChI=1S/C12H20O/c1-12(2,3)13-11-7-9-4-5-10(6-9)8-11/h7,9-10H,4-6,8H2,1-3H3. The molecule has 2 atom stereocenters. The molecule has 2 aliphatic rings. The van der Waals surface area contributed by atoms with Gasteiger partial charge in [-0.25, -0.2) is 0 Å². The van der Waals surface area contributed by atoms with Gasteiger partial charge in [-0.1, -0.05) is 0 Å². The van der Waals surface area contributed by atoms with Gasteiger partial charge >= 0.3 is 0 Å². The van der Waals surface area contributed by atoms with Crippen molar-refractivity contribution in [3.8, 4) is 0 Å². The zero-order chi connectivity index (χ0) is 9.47. The lowest BCUT2D eigenvalue weighted by molar-refractivity contribution is 0.0396. The van der Waals surface area contributed by atoms with E-state index in [0.29, 0.717) is 0 Å². The van der Waals surface area contributed by atoms with E-state index in [0.717, 1.165) is 11.8 Å². The van der Waals surface area contributed by atoms with Gasteiger partial charge < -0.3 is 4.74 Å². The van der Waals surface area contributed by atoms with Crippen LogP contribution in [0.25, 0.3) is 0 Å². The molecule has 0 aromatic carbocycles. The molecule has 0 amide bonds. The monoisotopic (exact) mass is 180 g/mol. The number of hydrogen-bond donors (Lipinski definition) is 0. The van der Waals surface area contributed by atoms with E-state index < -0.39 is 0 Å². The maximum atomic E-state index is 5.92. The van der Waals surface area contributed by atoms with Gasteiger partial charge in [-0.3, -0.25) is 0 Å². The van der Waals surface area contributed by atoms with Crippen LogP contribution in [0, 0.1) is 11.8 Å². The summed E-state index contributed by atoms with van der Waals surface area (Å²) in [6, 6.07) is 0. The van der Waals surface area contributed by atoms with Crippen LogP contribution in [0.2, 0.25) is 0 Å². The van der Waals surface area contributed by atoms with Crippen LogP contribution in [0.4, 0.5) is 0 Å². The van der Waals surface area contributed by atoms with Gasteiger partial charge in [-0.2, -0.15) is 0 Å². The summed E-state index contributed by atoms with van der Waals surface area (Å²) in [6.07, 6.45) is 7.78. The summed E-state index contributed by atoms with van der Waals surface area (Å²) in [5.41, 5.74) is -0.0113. The molecule has 1 heteroatoms. The van der Waals surface area contributed by atoms with Crippen molar-refractivity contribution in [2.24, 2.45) is 11.8 Å². The molecule has 0 heterocycles. The van der Waals surface area contributed by atoms with Gasteiger partial charge in [0, 0.05) is 6.42 Å². The fourth-order valence-electron chi connectivity index (χ4n) is 2.53. The zero-order valence-corrected chi connectivity index (χ0v) is 8.97. The highest BCUT2D eigenvalue weighted by Crippen LogP contribution is 2.41. The highest BCUT2D eigenvalue weighted by molar-refractivity contribution is 5.07. The predicted octanol–water partition coefficient (Wildman–Crippen LogP) is 3.51. The molecule has 1 nitrogen and oxygen atoms in total. The summed E-state index contributed by atoms with van der Waals surface area (Å²) >= 11 is 0. The van der Waals surface area contributed by atoms with Crippen LogP contribution < -0.4 is 0 Å². The molecular weight excluding hydrogens is 160 g/mol. The minimum Gasteiger partial charge on any atom is -0.493 e. The Kier molecular flexibility index (Phi) is 2.13. The molecule has 0 aromatic rings. The summed E-state index contributed by atoms with van der Waals surface area (Å²) in [6.45, 7) is 6.39. The molecule has 1 saturated carbocycles. The van der Waals surface area contributed by atoms with Gasteiger partial charge in [0.15, 0.2) is 0 Å². The van der Waals surface area contributed by atoms with Crippen LogP contribution in [0.15, 0.2) is 11.8 Å².